The van der Waals surface area contributed by atoms with E-state index in [4.69, 9.17) is 18.6 Å². The molecule has 0 spiro atoms. The fraction of sp³-hybridized carbons (Fsp3) is 0.864. The van der Waals surface area contributed by atoms with Crippen molar-refractivity contribution in [2.75, 3.05) is 20.3 Å². The van der Waals surface area contributed by atoms with Crippen molar-refractivity contribution in [2.45, 2.75) is 97.6 Å². The summed E-state index contributed by atoms with van der Waals surface area (Å²) in [7, 11) is 0.199. The minimum atomic E-state index is -1.43. The predicted octanol–water partition coefficient (Wildman–Crippen LogP) is 5.80. The van der Waals surface area contributed by atoms with E-state index in [2.05, 4.69) is 20.8 Å². The van der Waals surface area contributed by atoms with E-state index in [0.717, 1.165) is 32.3 Å². The average Bonchev–Trinajstić information content (AvgIpc) is 3.03. The van der Waals surface area contributed by atoms with Crippen LogP contribution in [0.15, 0.2) is 11.3 Å². The van der Waals surface area contributed by atoms with E-state index in [1.807, 2.05) is 13.8 Å². The van der Waals surface area contributed by atoms with Crippen molar-refractivity contribution in [1.82, 2.24) is 0 Å². The SMILES string of the molecule is CCOC(=O)C1=C(C)O[C@@H](OC)[C@@H]1CCCCCCCO[Si](CC)(CC)CC. The summed E-state index contributed by atoms with van der Waals surface area (Å²) in [5.41, 5.74) is 0.655. The Bertz CT molecular complexity index is 479. The van der Waals surface area contributed by atoms with Gasteiger partial charge in [-0.1, -0.05) is 46.5 Å². The number of esters is 1. The van der Waals surface area contributed by atoms with Gasteiger partial charge in [0, 0.05) is 13.7 Å². The first kappa shape index (κ1) is 25.2. The second kappa shape index (κ2) is 13.4. The molecule has 28 heavy (non-hydrogen) atoms. The number of unbranched alkanes of at least 4 members (excludes halogenated alkanes) is 4. The van der Waals surface area contributed by atoms with Crippen LogP contribution in [-0.4, -0.2) is 40.9 Å². The molecule has 6 heteroatoms. The Kier molecular flexibility index (Phi) is 12.0. The van der Waals surface area contributed by atoms with Gasteiger partial charge in [-0.05, 0) is 44.8 Å². The second-order valence-electron chi connectivity index (χ2n) is 7.67. The van der Waals surface area contributed by atoms with Crippen LogP contribution in [-0.2, 0) is 23.4 Å². The number of carbonyl (C=O) groups excluding carboxylic acids is 1. The van der Waals surface area contributed by atoms with E-state index in [9.17, 15) is 4.79 Å². The lowest BCUT2D eigenvalue weighted by atomic mass is 9.93. The Balaban J connectivity index is 2.31. The number of carbonyl (C=O) groups is 1. The minimum Gasteiger partial charge on any atom is -0.468 e. The summed E-state index contributed by atoms with van der Waals surface area (Å²) < 4.78 is 22.7. The summed E-state index contributed by atoms with van der Waals surface area (Å²) in [6, 6.07) is 3.67. The molecule has 0 amide bonds. The Morgan fingerprint density at radius 3 is 2.18 bits per heavy atom. The van der Waals surface area contributed by atoms with Crippen LogP contribution in [0.4, 0.5) is 0 Å². The van der Waals surface area contributed by atoms with Gasteiger partial charge in [0.2, 0.25) is 6.29 Å². The molecule has 1 heterocycles. The first-order valence-corrected chi connectivity index (χ1v) is 13.7. The summed E-state index contributed by atoms with van der Waals surface area (Å²) in [5, 5.41) is 0. The molecule has 1 rings (SSSR count). The van der Waals surface area contributed by atoms with Gasteiger partial charge in [0.1, 0.15) is 5.76 Å². The van der Waals surface area contributed by atoms with Crippen LogP contribution in [0.25, 0.3) is 0 Å². The summed E-state index contributed by atoms with van der Waals surface area (Å²) in [6.45, 7) is 11.8. The monoisotopic (exact) mass is 414 g/mol. The lowest BCUT2D eigenvalue weighted by Gasteiger charge is -2.27. The van der Waals surface area contributed by atoms with Crippen LogP contribution in [0.3, 0.4) is 0 Å². The normalized spacial score (nSPS) is 19.8. The summed E-state index contributed by atoms with van der Waals surface area (Å²) in [6.07, 6.45) is 6.28. The summed E-state index contributed by atoms with van der Waals surface area (Å²) in [4.78, 5) is 12.3. The second-order valence-corrected chi connectivity index (χ2v) is 12.4. The highest BCUT2D eigenvalue weighted by molar-refractivity contribution is 6.73. The molecule has 5 nitrogen and oxygen atoms in total. The largest absolute Gasteiger partial charge is 0.468 e. The first-order chi connectivity index (χ1) is 13.5. The molecule has 0 saturated heterocycles. The molecule has 164 valence electrons. The van der Waals surface area contributed by atoms with Crippen LogP contribution in [0, 0.1) is 5.92 Å². The van der Waals surface area contributed by atoms with Crippen molar-refractivity contribution in [3.63, 3.8) is 0 Å². The third-order valence-electron chi connectivity index (χ3n) is 6.10. The first-order valence-electron chi connectivity index (χ1n) is 11.2. The Morgan fingerprint density at radius 1 is 1.00 bits per heavy atom. The van der Waals surface area contributed by atoms with Crippen molar-refractivity contribution < 1.29 is 23.4 Å². The number of allylic oxidation sites excluding steroid dienone is 1. The van der Waals surface area contributed by atoms with E-state index < -0.39 is 8.32 Å². The highest BCUT2D eigenvalue weighted by Crippen LogP contribution is 2.36. The summed E-state index contributed by atoms with van der Waals surface area (Å²) >= 11 is 0. The average molecular weight is 415 g/mol. The van der Waals surface area contributed by atoms with Gasteiger partial charge in [-0.15, -0.1) is 0 Å². The van der Waals surface area contributed by atoms with E-state index in [1.54, 1.807) is 7.11 Å². The Labute approximate surface area is 173 Å². The van der Waals surface area contributed by atoms with Crippen LogP contribution in [0.2, 0.25) is 18.1 Å². The molecule has 0 radical (unpaired) electrons. The van der Waals surface area contributed by atoms with Crippen molar-refractivity contribution >= 4 is 14.3 Å². The molecule has 0 N–H and O–H groups in total. The van der Waals surface area contributed by atoms with Gasteiger partial charge in [-0.25, -0.2) is 4.79 Å². The third kappa shape index (κ3) is 7.19. The molecule has 2 atom stereocenters. The Hall–Kier alpha value is -0.853. The van der Waals surface area contributed by atoms with Gasteiger partial charge in [0.05, 0.1) is 18.1 Å². The number of methoxy groups -OCH3 is 1. The maximum Gasteiger partial charge on any atom is 0.337 e. The Morgan fingerprint density at radius 2 is 1.61 bits per heavy atom. The lowest BCUT2D eigenvalue weighted by Crippen LogP contribution is -2.36. The number of ether oxygens (including phenoxy) is 3. The standard InChI is InChI=1S/C22H42O5Si/c1-7-25-21(23)20-18(5)27-22(24-6)19(20)16-14-12-11-13-15-17-26-28(8-2,9-3)10-4/h19,22H,7-17H2,1-6H3/t19-,22-/m1/s1. The number of hydrogen-bond donors (Lipinski definition) is 0. The van der Waals surface area contributed by atoms with E-state index in [1.165, 1.54) is 31.0 Å². The molecular weight excluding hydrogens is 372 g/mol. The fourth-order valence-corrected chi connectivity index (χ4v) is 6.74. The molecule has 0 aromatic rings. The van der Waals surface area contributed by atoms with Gasteiger partial charge >= 0.3 is 5.97 Å². The third-order valence-corrected chi connectivity index (χ3v) is 10.8. The highest BCUT2D eigenvalue weighted by atomic mass is 28.4. The zero-order valence-corrected chi connectivity index (χ0v) is 20.0. The predicted molar refractivity (Wildman–Crippen MR) is 116 cm³/mol. The molecule has 0 aliphatic carbocycles. The van der Waals surface area contributed by atoms with Crippen LogP contribution in [0.5, 0.6) is 0 Å². The topological polar surface area (TPSA) is 54.0 Å². The zero-order chi connectivity index (χ0) is 21.0. The zero-order valence-electron chi connectivity index (χ0n) is 19.0. The van der Waals surface area contributed by atoms with Crippen LogP contribution < -0.4 is 0 Å². The van der Waals surface area contributed by atoms with Gasteiger partial charge < -0.3 is 18.6 Å². The van der Waals surface area contributed by atoms with Crippen LogP contribution in [0.1, 0.15) is 73.1 Å². The minimum absolute atomic E-state index is 0.0299. The van der Waals surface area contributed by atoms with Crippen molar-refractivity contribution in [1.29, 1.82) is 0 Å². The maximum atomic E-state index is 12.3. The van der Waals surface area contributed by atoms with Gasteiger partial charge in [0.15, 0.2) is 8.32 Å². The molecular formula is C22H42O5Si. The molecule has 0 saturated carbocycles. The van der Waals surface area contributed by atoms with E-state index in [0.29, 0.717) is 17.9 Å². The van der Waals surface area contributed by atoms with Crippen molar-refractivity contribution in [3.8, 4) is 0 Å². The molecule has 1 aliphatic rings. The molecule has 0 fully saturated rings. The summed E-state index contributed by atoms with van der Waals surface area (Å²) in [5.74, 6) is 0.345. The van der Waals surface area contributed by atoms with Crippen molar-refractivity contribution in [3.05, 3.63) is 11.3 Å². The molecule has 0 aromatic heterocycles. The maximum absolute atomic E-state index is 12.3. The van der Waals surface area contributed by atoms with Gasteiger partial charge in [0.25, 0.3) is 0 Å². The van der Waals surface area contributed by atoms with Gasteiger partial charge in [-0.2, -0.15) is 0 Å². The molecule has 0 bridgehead atoms. The lowest BCUT2D eigenvalue weighted by molar-refractivity contribution is -0.140. The number of hydrogen-bond acceptors (Lipinski definition) is 5. The molecule has 0 unspecified atom stereocenters. The number of rotatable bonds is 15. The quantitative estimate of drug-likeness (QED) is 0.192. The molecule has 0 aromatic carbocycles. The molecule has 1 aliphatic heterocycles. The van der Waals surface area contributed by atoms with Crippen LogP contribution >= 0.6 is 0 Å². The van der Waals surface area contributed by atoms with E-state index in [-0.39, 0.29) is 18.2 Å². The smallest absolute Gasteiger partial charge is 0.337 e. The van der Waals surface area contributed by atoms with Crippen molar-refractivity contribution in [2.24, 2.45) is 5.92 Å². The fourth-order valence-electron chi connectivity index (χ4n) is 4.06. The van der Waals surface area contributed by atoms with E-state index >= 15 is 0 Å². The van der Waals surface area contributed by atoms with Gasteiger partial charge in [-0.3, -0.25) is 0 Å². The highest BCUT2D eigenvalue weighted by Gasteiger charge is 2.39.